The molecule has 2 aromatic carbocycles. The summed E-state index contributed by atoms with van der Waals surface area (Å²) in [5, 5.41) is 9.10. The van der Waals surface area contributed by atoms with Crippen LogP contribution in [-0.2, 0) is 0 Å². The molecular weight excluding hydrogens is 347 g/mol. The summed E-state index contributed by atoms with van der Waals surface area (Å²) in [5.41, 5.74) is 0.412. The molecule has 0 spiro atoms. The molecule has 4 nitrogen and oxygen atoms in total. The van der Waals surface area contributed by atoms with E-state index in [-0.39, 0.29) is 18.0 Å². The molecule has 0 bridgehead atoms. The smallest absolute Gasteiger partial charge is 0.335 e. The lowest BCUT2D eigenvalue weighted by Crippen LogP contribution is -2.39. The van der Waals surface area contributed by atoms with Crippen molar-refractivity contribution in [2.45, 2.75) is 18.8 Å². The lowest BCUT2D eigenvalue weighted by molar-refractivity contribution is 0.0685. The summed E-state index contributed by atoms with van der Waals surface area (Å²) in [6.07, 6.45) is 1.38. The average Bonchev–Trinajstić information content (AvgIpc) is 2.66. The quantitative estimate of drug-likeness (QED) is 0.844. The molecule has 1 fully saturated rings. The maximum Gasteiger partial charge on any atom is 0.335 e. The molecule has 26 heavy (non-hydrogen) atoms. The highest BCUT2D eigenvalue weighted by Gasteiger charge is 2.28. The van der Waals surface area contributed by atoms with E-state index >= 15 is 0 Å². The van der Waals surface area contributed by atoms with Crippen LogP contribution in [0.25, 0.3) is 0 Å². The molecule has 0 radical (unpaired) electrons. The molecule has 3 rings (SSSR count). The first-order chi connectivity index (χ1) is 12.4. The van der Waals surface area contributed by atoms with E-state index in [1.54, 1.807) is 18.2 Å². The Labute approximate surface area is 147 Å². The van der Waals surface area contributed by atoms with Gasteiger partial charge in [-0.1, -0.05) is 12.1 Å². The molecule has 1 saturated heterocycles. The van der Waals surface area contributed by atoms with Gasteiger partial charge in [0.1, 0.15) is 0 Å². The Morgan fingerprint density at radius 2 is 1.85 bits per heavy atom. The Bertz CT molecular complexity index is 869. The minimum Gasteiger partial charge on any atom is -0.478 e. The van der Waals surface area contributed by atoms with Crippen molar-refractivity contribution in [1.82, 2.24) is 4.90 Å². The SMILES string of the molecule is O=C(O)c1cccc(C2CCCN(C(=O)c3ccc(F)c(F)c3F)C2)c1. The average molecular weight is 363 g/mol. The highest BCUT2D eigenvalue weighted by Crippen LogP contribution is 2.29. The van der Waals surface area contributed by atoms with Crippen LogP contribution in [0, 0.1) is 17.5 Å². The fraction of sp³-hybridized carbons (Fsp3) is 0.263. The topological polar surface area (TPSA) is 57.6 Å². The second kappa shape index (κ2) is 7.19. The molecule has 1 aliphatic heterocycles. The molecule has 1 N–H and O–H groups in total. The number of aromatic carboxylic acids is 1. The van der Waals surface area contributed by atoms with Crippen molar-refractivity contribution in [3.05, 3.63) is 70.5 Å². The molecule has 1 amide bonds. The zero-order valence-electron chi connectivity index (χ0n) is 13.7. The molecule has 1 unspecified atom stereocenters. The van der Waals surface area contributed by atoms with Gasteiger partial charge in [-0.2, -0.15) is 0 Å². The van der Waals surface area contributed by atoms with E-state index in [4.69, 9.17) is 5.11 Å². The van der Waals surface area contributed by atoms with Gasteiger partial charge in [0.2, 0.25) is 0 Å². The van der Waals surface area contributed by atoms with Crippen LogP contribution in [0.1, 0.15) is 45.0 Å². The van der Waals surface area contributed by atoms with Crippen molar-refractivity contribution in [2.24, 2.45) is 0 Å². The van der Waals surface area contributed by atoms with E-state index < -0.39 is 34.9 Å². The summed E-state index contributed by atoms with van der Waals surface area (Å²) in [7, 11) is 0. The normalized spacial score (nSPS) is 17.2. The molecule has 0 saturated carbocycles. The number of carboxylic acid groups (broad SMARTS) is 1. The Kier molecular flexibility index (Phi) is 4.97. The number of piperidine rings is 1. The molecule has 0 aromatic heterocycles. The first-order valence-electron chi connectivity index (χ1n) is 8.14. The van der Waals surface area contributed by atoms with E-state index in [0.29, 0.717) is 13.0 Å². The lowest BCUT2D eigenvalue weighted by Gasteiger charge is -2.33. The number of likely N-dealkylation sites (tertiary alicyclic amines) is 1. The standard InChI is InChI=1S/C19H16F3NO3/c20-15-7-6-14(16(21)17(15)22)18(24)23-8-2-5-13(10-23)11-3-1-4-12(9-11)19(25)26/h1,3-4,6-7,9,13H,2,5,8,10H2,(H,25,26). The van der Waals surface area contributed by atoms with Crippen LogP contribution in [0.2, 0.25) is 0 Å². The highest BCUT2D eigenvalue weighted by atomic mass is 19.2. The van der Waals surface area contributed by atoms with Crippen LogP contribution < -0.4 is 0 Å². The number of halogens is 3. The zero-order valence-corrected chi connectivity index (χ0v) is 13.7. The number of hydrogen-bond acceptors (Lipinski definition) is 2. The predicted octanol–water partition coefficient (Wildman–Crippen LogP) is 3.82. The van der Waals surface area contributed by atoms with Crippen molar-refractivity contribution in [3.8, 4) is 0 Å². The van der Waals surface area contributed by atoms with Crippen LogP contribution >= 0.6 is 0 Å². The monoisotopic (exact) mass is 363 g/mol. The first-order valence-corrected chi connectivity index (χ1v) is 8.14. The Morgan fingerprint density at radius 1 is 1.08 bits per heavy atom. The molecule has 1 heterocycles. The van der Waals surface area contributed by atoms with Gasteiger partial charge in [0.25, 0.3) is 5.91 Å². The largest absolute Gasteiger partial charge is 0.478 e. The van der Waals surface area contributed by atoms with Gasteiger partial charge in [-0.05, 0) is 42.7 Å². The fourth-order valence-electron chi connectivity index (χ4n) is 3.22. The molecule has 1 aliphatic rings. The summed E-state index contributed by atoms with van der Waals surface area (Å²) in [5.74, 6) is -6.37. The third-order valence-electron chi connectivity index (χ3n) is 4.58. The molecule has 136 valence electrons. The number of hydrogen-bond donors (Lipinski definition) is 1. The second-order valence-corrected chi connectivity index (χ2v) is 6.24. The number of carbonyl (C=O) groups is 2. The van der Waals surface area contributed by atoms with Gasteiger partial charge >= 0.3 is 5.97 Å². The molecular formula is C19H16F3NO3. The number of carboxylic acids is 1. The predicted molar refractivity (Wildman–Crippen MR) is 87.6 cm³/mol. The summed E-state index contributed by atoms with van der Waals surface area (Å²) in [6.45, 7) is 0.618. The Hall–Kier alpha value is -2.83. The van der Waals surface area contributed by atoms with E-state index in [9.17, 15) is 22.8 Å². The summed E-state index contributed by atoms with van der Waals surface area (Å²) < 4.78 is 40.4. The van der Waals surface area contributed by atoms with Gasteiger partial charge < -0.3 is 10.0 Å². The van der Waals surface area contributed by atoms with Gasteiger partial charge in [0.15, 0.2) is 17.5 Å². The van der Waals surface area contributed by atoms with Crippen LogP contribution in [0.3, 0.4) is 0 Å². The van der Waals surface area contributed by atoms with Gasteiger partial charge in [-0.3, -0.25) is 4.79 Å². The summed E-state index contributed by atoms with van der Waals surface area (Å²) >= 11 is 0. The van der Waals surface area contributed by atoms with Crippen molar-refractivity contribution in [2.75, 3.05) is 13.1 Å². The maximum absolute atomic E-state index is 13.9. The molecule has 0 aliphatic carbocycles. The van der Waals surface area contributed by atoms with Crippen LogP contribution in [0.5, 0.6) is 0 Å². The van der Waals surface area contributed by atoms with Crippen molar-refractivity contribution in [1.29, 1.82) is 0 Å². The highest BCUT2D eigenvalue weighted by molar-refractivity contribution is 5.94. The van der Waals surface area contributed by atoms with E-state index in [1.165, 1.54) is 11.0 Å². The van der Waals surface area contributed by atoms with E-state index in [0.717, 1.165) is 24.1 Å². The number of benzene rings is 2. The minimum absolute atomic E-state index is 0.111. The van der Waals surface area contributed by atoms with Gasteiger partial charge in [0.05, 0.1) is 11.1 Å². The van der Waals surface area contributed by atoms with Gasteiger partial charge in [-0.15, -0.1) is 0 Å². The third kappa shape index (κ3) is 3.42. The second-order valence-electron chi connectivity index (χ2n) is 6.24. The molecule has 2 aromatic rings. The zero-order chi connectivity index (χ0) is 18.8. The van der Waals surface area contributed by atoms with Crippen molar-refractivity contribution >= 4 is 11.9 Å². The Balaban J connectivity index is 1.82. The fourth-order valence-corrected chi connectivity index (χ4v) is 3.22. The van der Waals surface area contributed by atoms with Gasteiger partial charge in [0, 0.05) is 19.0 Å². The maximum atomic E-state index is 13.9. The number of carbonyl (C=O) groups excluding carboxylic acids is 1. The number of nitrogens with zero attached hydrogens (tertiary/aromatic N) is 1. The minimum atomic E-state index is -1.67. The number of rotatable bonds is 3. The van der Waals surface area contributed by atoms with Crippen LogP contribution in [-0.4, -0.2) is 35.0 Å². The van der Waals surface area contributed by atoms with Crippen LogP contribution in [0.4, 0.5) is 13.2 Å². The van der Waals surface area contributed by atoms with Crippen LogP contribution in [0.15, 0.2) is 36.4 Å². The third-order valence-corrected chi connectivity index (χ3v) is 4.58. The lowest BCUT2D eigenvalue weighted by atomic mass is 9.89. The van der Waals surface area contributed by atoms with Crippen molar-refractivity contribution < 1.29 is 27.9 Å². The van der Waals surface area contributed by atoms with E-state index in [1.807, 2.05) is 0 Å². The number of amides is 1. The Morgan fingerprint density at radius 3 is 2.58 bits per heavy atom. The molecule has 1 atom stereocenters. The summed E-state index contributed by atoms with van der Waals surface area (Å²) in [4.78, 5) is 25.0. The van der Waals surface area contributed by atoms with Gasteiger partial charge in [-0.25, -0.2) is 18.0 Å². The molecule has 7 heteroatoms. The first kappa shape index (κ1) is 18.0. The van der Waals surface area contributed by atoms with E-state index in [2.05, 4.69) is 0 Å². The van der Waals surface area contributed by atoms with Crippen molar-refractivity contribution in [3.63, 3.8) is 0 Å². The summed E-state index contributed by atoms with van der Waals surface area (Å²) in [6, 6.07) is 8.11.